The van der Waals surface area contributed by atoms with Crippen molar-refractivity contribution >= 4 is 22.9 Å². The van der Waals surface area contributed by atoms with Gasteiger partial charge in [-0.1, -0.05) is 12.2 Å². The SMILES string of the molecule is NC(=S)c1ccncc1N1CCC(CN2CCCC2)CC1. The molecule has 21 heavy (non-hydrogen) atoms. The highest BCUT2D eigenvalue weighted by molar-refractivity contribution is 7.80. The van der Waals surface area contributed by atoms with Gasteiger partial charge in [-0.2, -0.15) is 0 Å². The monoisotopic (exact) mass is 304 g/mol. The van der Waals surface area contributed by atoms with Gasteiger partial charge in [-0.3, -0.25) is 4.98 Å². The van der Waals surface area contributed by atoms with Gasteiger partial charge in [-0.15, -0.1) is 0 Å². The van der Waals surface area contributed by atoms with E-state index in [4.69, 9.17) is 18.0 Å². The van der Waals surface area contributed by atoms with E-state index in [1.165, 1.54) is 45.3 Å². The maximum absolute atomic E-state index is 5.83. The Morgan fingerprint density at radius 1 is 1.24 bits per heavy atom. The van der Waals surface area contributed by atoms with Crippen LogP contribution in [0.1, 0.15) is 31.2 Å². The Balaban J connectivity index is 1.59. The van der Waals surface area contributed by atoms with Crippen LogP contribution in [0.4, 0.5) is 5.69 Å². The smallest absolute Gasteiger partial charge is 0.106 e. The highest BCUT2D eigenvalue weighted by atomic mass is 32.1. The Morgan fingerprint density at radius 2 is 1.95 bits per heavy atom. The van der Waals surface area contributed by atoms with Crippen LogP contribution >= 0.6 is 12.2 Å². The summed E-state index contributed by atoms with van der Waals surface area (Å²) < 4.78 is 0. The molecular formula is C16H24N4S. The number of piperidine rings is 1. The second-order valence-corrected chi connectivity index (χ2v) is 6.64. The molecule has 0 radical (unpaired) electrons. The highest BCUT2D eigenvalue weighted by Gasteiger charge is 2.24. The number of rotatable bonds is 4. The summed E-state index contributed by atoms with van der Waals surface area (Å²) in [5.41, 5.74) is 7.89. The zero-order valence-corrected chi connectivity index (χ0v) is 13.3. The lowest BCUT2D eigenvalue weighted by Crippen LogP contribution is -2.39. The largest absolute Gasteiger partial charge is 0.389 e. The summed E-state index contributed by atoms with van der Waals surface area (Å²) in [7, 11) is 0. The first kappa shape index (κ1) is 14.7. The van der Waals surface area contributed by atoms with Gasteiger partial charge in [-0.05, 0) is 50.8 Å². The van der Waals surface area contributed by atoms with Gasteiger partial charge in [0.15, 0.2) is 0 Å². The van der Waals surface area contributed by atoms with Crippen molar-refractivity contribution in [1.29, 1.82) is 0 Å². The van der Waals surface area contributed by atoms with Crippen LogP contribution in [0, 0.1) is 5.92 Å². The van der Waals surface area contributed by atoms with Gasteiger partial charge >= 0.3 is 0 Å². The maximum atomic E-state index is 5.83. The first-order chi connectivity index (χ1) is 10.2. The topological polar surface area (TPSA) is 45.4 Å². The fourth-order valence-electron chi connectivity index (χ4n) is 3.53. The van der Waals surface area contributed by atoms with Gasteiger partial charge in [0.25, 0.3) is 0 Å². The van der Waals surface area contributed by atoms with Crippen molar-refractivity contribution in [1.82, 2.24) is 9.88 Å². The summed E-state index contributed by atoms with van der Waals surface area (Å²) in [4.78, 5) is 9.73. The number of nitrogens with two attached hydrogens (primary N) is 1. The summed E-state index contributed by atoms with van der Waals surface area (Å²) in [5.74, 6) is 0.837. The minimum atomic E-state index is 0.464. The zero-order valence-electron chi connectivity index (χ0n) is 12.5. The summed E-state index contributed by atoms with van der Waals surface area (Å²) in [6.07, 6.45) is 8.93. The van der Waals surface area contributed by atoms with Gasteiger partial charge in [0.2, 0.25) is 0 Å². The van der Waals surface area contributed by atoms with E-state index < -0.39 is 0 Å². The Hall–Kier alpha value is -1.20. The molecule has 0 saturated carbocycles. The molecule has 0 atom stereocenters. The number of hydrogen-bond donors (Lipinski definition) is 1. The summed E-state index contributed by atoms with van der Waals surface area (Å²) in [6, 6.07) is 1.92. The van der Waals surface area contributed by atoms with E-state index in [0.717, 1.165) is 30.3 Å². The van der Waals surface area contributed by atoms with E-state index in [9.17, 15) is 0 Å². The number of thiocarbonyl (C=S) groups is 1. The van der Waals surface area contributed by atoms with E-state index in [1.807, 2.05) is 12.3 Å². The van der Waals surface area contributed by atoms with Crippen molar-refractivity contribution in [2.75, 3.05) is 37.6 Å². The van der Waals surface area contributed by atoms with Gasteiger partial charge in [0.1, 0.15) is 4.99 Å². The fraction of sp³-hybridized carbons (Fsp3) is 0.625. The van der Waals surface area contributed by atoms with Gasteiger partial charge in [0, 0.05) is 31.4 Å². The molecule has 0 unspecified atom stereocenters. The highest BCUT2D eigenvalue weighted by Crippen LogP contribution is 2.26. The molecule has 0 bridgehead atoms. The molecule has 0 amide bonds. The number of anilines is 1. The van der Waals surface area contributed by atoms with Gasteiger partial charge in [0.05, 0.1) is 11.9 Å². The van der Waals surface area contributed by atoms with Crippen molar-refractivity contribution in [3.05, 3.63) is 24.0 Å². The lowest BCUT2D eigenvalue weighted by atomic mass is 9.95. The zero-order chi connectivity index (χ0) is 14.7. The van der Waals surface area contributed by atoms with Crippen molar-refractivity contribution < 1.29 is 0 Å². The molecule has 4 nitrogen and oxygen atoms in total. The molecule has 1 aromatic rings. The number of nitrogens with zero attached hydrogens (tertiary/aromatic N) is 3. The Morgan fingerprint density at radius 3 is 2.62 bits per heavy atom. The molecule has 3 heterocycles. The van der Waals surface area contributed by atoms with E-state index in [-0.39, 0.29) is 0 Å². The third kappa shape index (κ3) is 3.52. The average molecular weight is 304 g/mol. The Bertz CT molecular complexity index is 491. The van der Waals surface area contributed by atoms with Crippen molar-refractivity contribution in [2.24, 2.45) is 11.7 Å². The van der Waals surface area contributed by atoms with Crippen molar-refractivity contribution in [3.8, 4) is 0 Å². The molecule has 3 rings (SSSR count). The molecule has 2 saturated heterocycles. The van der Waals surface area contributed by atoms with Crippen LogP contribution in [0.2, 0.25) is 0 Å². The van der Waals surface area contributed by atoms with Crippen molar-refractivity contribution in [3.63, 3.8) is 0 Å². The molecule has 0 spiro atoms. The second-order valence-electron chi connectivity index (χ2n) is 6.20. The molecular weight excluding hydrogens is 280 g/mol. The Kier molecular flexibility index (Phi) is 4.70. The minimum Gasteiger partial charge on any atom is -0.389 e. The predicted octanol–water partition coefficient (Wildman–Crippen LogP) is 2.03. The quantitative estimate of drug-likeness (QED) is 0.862. The van der Waals surface area contributed by atoms with E-state index in [0.29, 0.717) is 4.99 Å². The molecule has 1 aromatic heterocycles. The molecule has 2 N–H and O–H groups in total. The molecule has 2 fully saturated rings. The molecule has 0 aromatic carbocycles. The number of pyridine rings is 1. The second kappa shape index (κ2) is 6.71. The van der Waals surface area contributed by atoms with Gasteiger partial charge in [-0.25, -0.2) is 0 Å². The number of likely N-dealkylation sites (tertiary alicyclic amines) is 1. The van der Waals surface area contributed by atoms with Crippen LogP contribution in [0.5, 0.6) is 0 Å². The van der Waals surface area contributed by atoms with Crippen LogP contribution in [-0.4, -0.2) is 47.6 Å². The van der Waals surface area contributed by atoms with E-state index in [2.05, 4.69) is 14.8 Å². The molecule has 5 heteroatoms. The van der Waals surface area contributed by atoms with Crippen LogP contribution < -0.4 is 10.6 Å². The lowest BCUT2D eigenvalue weighted by Gasteiger charge is -2.35. The number of aromatic nitrogens is 1. The predicted molar refractivity (Wildman–Crippen MR) is 90.7 cm³/mol. The number of hydrogen-bond acceptors (Lipinski definition) is 4. The molecule has 2 aliphatic heterocycles. The average Bonchev–Trinajstić information content (AvgIpc) is 3.01. The third-order valence-electron chi connectivity index (χ3n) is 4.74. The molecule has 0 aliphatic carbocycles. The molecule has 114 valence electrons. The Labute approximate surface area is 132 Å². The van der Waals surface area contributed by atoms with Crippen LogP contribution in [-0.2, 0) is 0 Å². The van der Waals surface area contributed by atoms with Crippen molar-refractivity contribution in [2.45, 2.75) is 25.7 Å². The van der Waals surface area contributed by atoms with E-state index in [1.54, 1.807) is 6.20 Å². The summed E-state index contributed by atoms with van der Waals surface area (Å²) in [5, 5.41) is 0. The lowest BCUT2D eigenvalue weighted by molar-refractivity contribution is 0.249. The standard InChI is InChI=1S/C16H24N4S/c17-16(21)14-3-6-18-11-15(14)20-9-4-13(5-10-20)12-19-7-1-2-8-19/h3,6,11,13H,1-2,4-5,7-10,12H2,(H2,17,21). The van der Waals surface area contributed by atoms with Crippen LogP contribution in [0.3, 0.4) is 0 Å². The van der Waals surface area contributed by atoms with Crippen LogP contribution in [0.25, 0.3) is 0 Å². The third-order valence-corrected chi connectivity index (χ3v) is 4.96. The molecule has 2 aliphatic rings. The van der Waals surface area contributed by atoms with Gasteiger partial charge < -0.3 is 15.5 Å². The maximum Gasteiger partial charge on any atom is 0.106 e. The minimum absolute atomic E-state index is 0.464. The first-order valence-electron chi connectivity index (χ1n) is 7.95. The summed E-state index contributed by atoms with van der Waals surface area (Å²) >= 11 is 5.15. The summed E-state index contributed by atoms with van der Waals surface area (Å²) in [6.45, 7) is 6.05. The fourth-order valence-corrected chi connectivity index (χ4v) is 3.71. The van der Waals surface area contributed by atoms with E-state index >= 15 is 0 Å². The van der Waals surface area contributed by atoms with Crippen LogP contribution in [0.15, 0.2) is 18.5 Å². The normalized spacial score (nSPS) is 20.9. The first-order valence-corrected chi connectivity index (χ1v) is 8.36.